The van der Waals surface area contributed by atoms with Gasteiger partial charge in [-0.2, -0.15) is 0 Å². The molecule has 2 aromatic rings. The minimum Gasteiger partial charge on any atom is -0.397 e. The molecule has 21 heavy (non-hydrogen) atoms. The molecule has 0 saturated heterocycles. The quantitative estimate of drug-likeness (QED) is 0.833. The number of hydrogen-bond donors (Lipinski definition) is 2. The number of aromatic nitrogens is 2. The number of rotatable bonds is 4. The number of nitrogens with zero attached hydrogens (tertiary/aromatic N) is 2. The van der Waals surface area contributed by atoms with Gasteiger partial charge in [-0.05, 0) is 31.9 Å². The van der Waals surface area contributed by atoms with Crippen LogP contribution < -0.4 is 10.5 Å². The molecule has 0 aliphatic rings. The van der Waals surface area contributed by atoms with E-state index < -0.39 is 10.0 Å². The predicted molar refractivity (Wildman–Crippen MR) is 81.1 cm³/mol. The molecule has 1 aromatic carbocycles. The lowest BCUT2D eigenvalue weighted by molar-refractivity contribution is 0.580. The number of sulfonamides is 1. The van der Waals surface area contributed by atoms with Crippen molar-refractivity contribution in [3.8, 4) is 0 Å². The van der Waals surface area contributed by atoms with Gasteiger partial charge in [0.15, 0.2) is 0 Å². The van der Waals surface area contributed by atoms with Crippen molar-refractivity contribution in [1.82, 2.24) is 14.7 Å². The smallest absolute Gasteiger partial charge is 0.243 e. The molecular formula is C14H18N4O2S. The van der Waals surface area contributed by atoms with Crippen molar-refractivity contribution in [1.29, 1.82) is 0 Å². The number of nitrogens with two attached hydrogens (primary N) is 1. The molecule has 0 radical (unpaired) electrons. The highest BCUT2D eigenvalue weighted by Gasteiger charge is 2.21. The summed E-state index contributed by atoms with van der Waals surface area (Å²) in [6.45, 7) is 5.38. The standard InChI is InChI=1S/C14H18N4O2S/c1-9-4-5-10(2)14(13(9)15)21(19,20)18-8-12-7-16-11(3)6-17-12/h4-7,18H,8,15H2,1-3H3. The summed E-state index contributed by atoms with van der Waals surface area (Å²) in [5.74, 6) is 0. The fraction of sp³-hybridized carbons (Fsp3) is 0.286. The number of benzene rings is 1. The Bertz CT molecular complexity index is 755. The van der Waals surface area contributed by atoms with Gasteiger partial charge < -0.3 is 5.73 Å². The highest BCUT2D eigenvalue weighted by Crippen LogP contribution is 2.25. The van der Waals surface area contributed by atoms with Crippen LogP contribution in [0.2, 0.25) is 0 Å². The summed E-state index contributed by atoms with van der Waals surface area (Å²) in [5.41, 5.74) is 8.86. The third kappa shape index (κ3) is 3.37. The minimum atomic E-state index is -3.70. The van der Waals surface area contributed by atoms with Crippen molar-refractivity contribution in [3.05, 3.63) is 47.0 Å². The number of nitrogen functional groups attached to an aromatic ring is 1. The average Bonchev–Trinajstić information content (AvgIpc) is 2.43. The Balaban J connectivity index is 2.27. The largest absolute Gasteiger partial charge is 0.397 e. The molecule has 0 unspecified atom stereocenters. The maximum atomic E-state index is 12.4. The second-order valence-corrected chi connectivity index (χ2v) is 6.62. The van der Waals surface area contributed by atoms with E-state index in [2.05, 4.69) is 14.7 Å². The van der Waals surface area contributed by atoms with E-state index >= 15 is 0 Å². The lowest BCUT2D eigenvalue weighted by Gasteiger charge is -2.13. The van der Waals surface area contributed by atoms with Crippen LogP contribution >= 0.6 is 0 Å². The molecule has 1 heterocycles. The second-order valence-electron chi connectivity index (χ2n) is 4.92. The molecule has 112 valence electrons. The van der Waals surface area contributed by atoms with Crippen LogP contribution in [-0.4, -0.2) is 18.4 Å². The van der Waals surface area contributed by atoms with Gasteiger partial charge in [0.25, 0.3) is 0 Å². The molecule has 2 rings (SSSR count). The Morgan fingerprint density at radius 1 is 1.10 bits per heavy atom. The van der Waals surface area contributed by atoms with Gasteiger partial charge in [-0.1, -0.05) is 12.1 Å². The molecule has 0 bridgehead atoms. The van der Waals surface area contributed by atoms with Crippen molar-refractivity contribution >= 4 is 15.7 Å². The topological polar surface area (TPSA) is 98.0 Å². The predicted octanol–water partition coefficient (Wildman–Crippen LogP) is 1.46. The zero-order valence-corrected chi connectivity index (χ0v) is 13.0. The lowest BCUT2D eigenvalue weighted by Crippen LogP contribution is -2.25. The van der Waals surface area contributed by atoms with Crippen LogP contribution in [0.3, 0.4) is 0 Å². The van der Waals surface area contributed by atoms with Gasteiger partial charge in [0.05, 0.1) is 29.8 Å². The first-order chi connectivity index (χ1) is 9.81. The zero-order valence-electron chi connectivity index (χ0n) is 12.2. The van der Waals surface area contributed by atoms with E-state index in [0.29, 0.717) is 11.3 Å². The Morgan fingerprint density at radius 3 is 2.38 bits per heavy atom. The summed E-state index contributed by atoms with van der Waals surface area (Å²) >= 11 is 0. The fourth-order valence-corrected chi connectivity index (χ4v) is 3.34. The van der Waals surface area contributed by atoms with E-state index in [1.54, 1.807) is 38.4 Å². The maximum Gasteiger partial charge on any atom is 0.243 e. The van der Waals surface area contributed by atoms with Gasteiger partial charge in [-0.3, -0.25) is 9.97 Å². The third-order valence-corrected chi connectivity index (χ3v) is 4.76. The summed E-state index contributed by atoms with van der Waals surface area (Å²) in [6.07, 6.45) is 3.14. The van der Waals surface area contributed by atoms with Gasteiger partial charge in [0, 0.05) is 6.20 Å². The van der Waals surface area contributed by atoms with E-state index in [1.807, 2.05) is 6.92 Å². The normalized spacial score (nSPS) is 11.6. The van der Waals surface area contributed by atoms with Gasteiger partial charge in [0.1, 0.15) is 4.90 Å². The van der Waals surface area contributed by atoms with Crippen LogP contribution in [0.15, 0.2) is 29.4 Å². The Labute approximate surface area is 124 Å². The van der Waals surface area contributed by atoms with Crippen LogP contribution in [0.4, 0.5) is 5.69 Å². The first kappa shape index (κ1) is 15.4. The highest BCUT2D eigenvalue weighted by atomic mass is 32.2. The molecule has 0 saturated carbocycles. The Morgan fingerprint density at radius 2 is 1.76 bits per heavy atom. The Kier molecular flexibility index (Phi) is 4.24. The molecule has 0 spiro atoms. The first-order valence-electron chi connectivity index (χ1n) is 6.44. The lowest BCUT2D eigenvalue weighted by atomic mass is 10.1. The molecule has 0 aliphatic carbocycles. The molecule has 0 aliphatic heterocycles. The molecule has 3 N–H and O–H groups in total. The third-order valence-electron chi connectivity index (χ3n) is 3.16. The zero-order chi connectivity index (χ0) is 15.6. The van der Waals surface area contributed by atoms with E-state index in [9.17, 15) is 8.42 Å². The van der Waals surface area contributed by atoms with Crippen molar-refractivity contribution in [2.45, 2.75) is 32.2 Å². The van der Waals surface area contributed by atoms with Crippen LogP contribution in [0, 0.1) is 20.8 Å². The summed E-state index contributed by atoms with van der Waals surface area (Å²) in [6, 6.07) is 3.54. The minimum absolute atomic E-state index is 0.0719. The van der Waals surface area contributed by atoms with Crippen LogP contribution in [0.25, 0.3) is 0 Å². The molecule has 7 heteroatoms. The average molecular weight is 306 g/mol. The second kappa shape index (κ2) is 5.79. The van der Waals surface area contributed by atoms with E-state index in [4.69, 9.17) is 5.73 Å². The molecule has 0 atom stereocenters. The van der Waals surface area contributed by atoms with E-state index in [0.717, 1.165) is 11.3 Å². The number of nitrogens with one attached hydrogen (secondary N) is 1. The van der Waals surface area contributed by atoms with E-state index in [-0.39, 0.29) is 17.1 Å². The first-order valence-corrected chi connectivity index (χ1v) is 7.92. The van der Waals surface area contributed by atoms with E-state index in [1.165, 1.54) is 0 Å². The van der Waals surface area contributed by atoms with Gasteiger partial charge >= 0.3 is 0 Å². The Hall–Kier alpha value is -1.99. The number of anilines is 1. The maximum absolute atomic E-state index is 12.4. The monoisotopic (exact) mass is 306 g/mol. The summed E-state index contributed by atoms with van der Waals surface area (Å²) < 4.78 is 27.4. The highest BCUT2D eigenvalue weighted by molar-refractivity contribution is 7.89. The van der Waals surface area contributed by atoms with Gasteiger partial charge in [-0.25, -0.2) is 13.1 Å². The van der Waals surface area contributed by atoms with Crippen LogP contribution in [0.1, 0.15) is 22.5 Å². The molecule has 6 nitrogen and oxygen atoms in total. The van der Waals surface area contributed by atoms with Gasteiger partial charge in [-0.15, -0.1) is 0 Å². The molecule has 0 amide bonds. The van der Waals surface area contributed by atoms with Crippen LogP contribution in [0.5, 0.6) is 0 Å². The van der Waals surface area contributed by atoms with Crippen molar-refractivity contribution in [3.63, 3.8) is 0 Å². The fourth-order valence-electron chi connectivity index (χ4n) is 1.92. The summed E-state index contributed by atoms with van der Waals surface area (Å²) in [4.78, 5) is 8.32. The van der Waals surface area contributed by atoms with Crippen LogP contribution in [-0.2, 0) is 16.6 Å². The number of aryl methyl sites for hydroxylation is 3. The van der Waals surface area contributed by atoms with Crippen molar-refractivity contribution in [2.75, 3.05) is 5.73 Å². The van der Waals surface area contributed by atoms with Gasteiger partial charge in [0.2, 0.25) is 10.0 Å². The van der Waals surface area contributed by atoms with Crippen molar-refractivity contribution < 1.29 is 8.42 Å². The summed E-state index contributed by atoms with van der Waals surface area (Å²) in [5, 5.41) is 0. The molecule has 1 aromatic heterocycles. The summed E-state index contributed by atoms with van der Waals surface area (Å²) in [7, 11) is -3.70. The SMILES string of the molecule is Cc1cnc(CNS(=O)(=O)c2c(C)ccc(C)c2N)cn1. The molecule has 0 fully saturated rings. The molecular weight excluding hydrogens is 288 g/mol. The van der Waals surface area contributed by atoms with Crippen molar-refractivity contribution in [2.24, 2.45) is 0 Å². The number of hydrogen-bond acceptors (Lipinski definition) is 5.